The summed E-state index contributed by atoms with van der Waals surface area (Å²) in [6.45, 7) is -0.0838. The third-order valence-electron chi connectivity index (χ3n) is 3.95. The summed E-state index contributed by atoms with van der Waals surface area (Å²) in [4.78, 5) is 41.7. The van der Waals surface area contributed by atoms with E-state index in [1.54, 1.807) is 30.6 Å². The first-order chi connectivity index (χ1) is 13.8. The maximum absolute atomic E-state index is 12.6. The van der Waals surface area contributed by atoms with Gasteiger partial charge in [-0.1, -0.05) is 6.07 Å². The molecule has 1 fully saturated rings. The predicted octanol–water partition coefficient (Wildman–Crippen LogP) is 3.57. The summed E-state index contributed by atoms with van der Waals surface area (Å²) >= 11 is 0.787. The number of nitrogens with zero attached hydrogens (tertiary/aromatic N) is 2. The second-order valence-corrected chi connectivity index (χ2v) is 6.94. The highest BCUT2D eigenvalue weighted by Gasteiger charge is 2.34. The Morgan fingerprint density at radius 3 is 2.52 bits per heavy atom. The summed E-state index contributed by atoms with van der Waals surface area (Å²) in [5.74, 6) is -1.08. The van der Waals surface area contributed by atoms with Gasteiger partial charge >= 0.3 is 6.18 Å². The van der Waals surface area contributed by atoms with Gasteiger partial charge in [-0.2, -0.15) is 13.2 Å². The van der Waals surface area contributed by atoms with Crippen molar-refractivity contribution in [1.82, 2.24) is 15.2 Å². The number of hydrogen-bond donors (Lipinski definition) is 1. The molecule has 0 bridgehead atoms. The lowest BCUT2D eigenvalue weighted by Crippen LogP contribution is -2.37. The number of pyridine rings is 1. The van der Waals surface area contributed by atoms with Crippen molar-refractivity contribution in [1.29, 1.82) is 0 Å². The lowest BCUT2D eigenvalue weighted by Gasteiger charge is -2.13. The summed E-state index contributed by atoms with van der Waals surface area (Å²) < 4.78 is 37.7. The molecular weight excluding hydrogens is 407 g/mol. The van der Waals surface area contributed by atoms with E-state index in [0.717, 1.165) is 40.9 Å². The molecule has 29 heavy (non-hydrogen) atoms. The van der Waals surface area contributed by atoms with Gasteiger partial charge in [0.2, 0.25) is 0 Å². The molecule has 1 aliphatic heterocycles. The SMILES string of the molecule is O=C(NCCN1C(=O)S/C(=C/c2cccnc2)C1=O)c1ccc(C(F)(F)F)cc1. The number of hydrogen-bond acceptors (Lipinski definition) is 5. The van der Waals surface area contributed by atoms with Crippen LogP contribution in [0.1, 0.15) is 21.5 Å². The maximum Gasteiger partial charge on any atom is 0.416 e. The number of amides is 3. The van der Waals surface area contributed by atoms with Crippen molar-refractivity contribution < 1.29 is 27.6 Å². The van der Waals surface area contributed by atoms with Gasteiger partial charge in [-0.3, -0.25) is 24.3 Å². The Balaban J connectivity index is 1.56. The number of carbonyl (C=O) groups is 3. The Labute approximate surface area is 167 Å². The van der Waals surface area contributed by atoms with Crippen LogP contribution in [0.4, 0.5) is 18.0 Å². The van der Waals surface area contributed by atoms with Gasteiger partial charge < -0.3 is 5.32 Å². The molecule has 2 aromatic rings. The number of benzene rings is 1. The molecule has 0 aliphatic carbocycles. The van der Waals surface area contributed by atoms with Gasteiger partial charge in [-0.05, 0) is 53.7 Å². The molecule has 0 saturated carbocycles. The Morgan fingerprint density at radius 2 is 1.90 bits per heavy atom. The number of imide groups is 1. The van der Waals surface area contributed by atoms with Crippen molar-refractivity contribution >= 4 is 34.9 Å². The normalized spacial score (nSPS) is 15.8. The minimum absolute atomic E-state index is 0.0297. The highest BCUT2D eigenvalue weighted by molar-refractivity contribution is 8.18. The zero-order valence-corrected chi connectivity index (χ0v) is 15.6. The first kappa shape index (κ1) is 20.6. The molecule has 0 radical (unpaired) electrons. The van der Waals surface area contributed by atoms with Crippen LogP contribution in [0.15, 0.2) is 53.7 Å². The number of rotatable bonds is 5. The molecule has 10 heteroatoms. The first-order valence-corrected chi connectivity index (χ1v) is 9.18. The Morgan fingerprint density at radius 1 is 1.17 bits per heavy atom. The summed E-state index contributed by atoms with van der Waals surface area (Å²) in [5.41, 5.74) is -0.135. The monoisotopic (exact) mass is 421 g/mol. The summed E-state index contributed by atoms with van der Waals surface area (Å²) in [6.07, 6.45) is 0.212. The quantitative estimate of drug-likeness (QED) is 0.747. The molecule has 0 spiro atoms. The van der Waals surface area contributed by atoms with E-state index in [-0.39, 0.29) is 23.6 Å². The van der Waals surface area contributed by atoms with Gasteiger partial charge in [-0.15, -0.1) is 0 Å². The molecule has 0 unspecified atom stereocenters. The number of thioether (sulfide) groups is 1. The molecule has 0 atom stereocenters. The lowest BCUT2D eigenvalue weighted by molar-refractivity contribution is -0.137. The molecule has 2 heterocycles. The van der Waals surface area contributed by atoms with E-state index in [1.807, 2.05) is 0 Å². The molecule has 150 valence electrons. The highest BCUT2D eigenvalue weighted by Crippen LogP contribution is 2.32. The van der Waals surface area contributed by atoms with Gasteiger partial charge in [0.1, 0.15) is 0 Å². The summed E-state index contributed by atoms with van der Waals surface area (Å²) in [7, 11) is 0. The standard InChI is InChI=1S/C19H14F3N3O3S/c20-19(21,22)14-5-3-13(4-6-14)16(26)24-8-9-25-17(27)15(29-18(25)28)10-12-2-1-7-23-11-12/h1-7,10-11H,8-9H2,(H,24,26)/b15-10+. The molecule has 1 N–H and O–H groups in total. The Hall–Kier alpha value is -3.14. The Kier molecular flexibility index (Phi) is 6.02. The van der Waals surface area contributed by atoms with Crippen LogP contribution in [0.5, 0.6) is 0 Å². The van der Waals surface area contributed by atoms with Crippen LogP contribution in [0, 0.1) is 0 Å². The second-order valence-electron chi connectivity index (χ2n) is 5.95. The number of carbonyl (C=O) groups excluding carboxylic acids is 3. The minimum atomic E-state index is -4.48. The third kappa shape index (κ3) is 5.02. The van der Waals surface area contributed by atoms with Crippen LogP contribution in [0.25, 0.3) is 6.08 Å². The number of alkyl halides is 3. The van der Waals surface area contributed by atoms with E-state index < -0.39 is 28.8 Å². The average molecular weight is 421 g/mol. The maximum atomic E-state index is 12.6. The zero-order chi connectivity index (χ0) is 21.0. The topological polar surface area (TPSA) is 79.4 Å². The van der Waals surface area contributed by atoms with Crippen LogP contribution in [0.3, 0.4) is 0 Å². The number of aromatic nitrogens is 1. The minimum Gasteiger partial charge on any atom is -0.350 e. The molecule has 6 nitrogen and oxygen atoms in total. The van der Waals surface area contributed by atoms with E-state index in [4.69, 9.17) is 0 Å². The molecular formula is C19H14F3N3O3S. The molecule has 3 amide bonds. The fraction of sp³-hybridized carbons (Fsp3) is 0.158. The van der Waals surface area contributed by atoms with Crippen molar-refractivity contribution in [2.45, 2.75) is 6.18 Å². The average Bonchev–Trinajstić information content (AvgIpc) is 2.95. The fourth-order valence-corrected chi connectivity index (χ4v) is 3.36. The highest BCUT2D eigenvalue weighted by atomic mass is 32.2. The first-order valence-electron chi connectivity index (χ1n) is 8.36. The van der Waals surface area contributed by atoms with E-state index in [2.05, 4.69) is 10.3 Å². The van der Waals surface area contributed by atoms with Crippen molar-refractivity contribution in [3.63, 3.8) is 0 Å². The zero-order valence-electron chi connectivity index (χ0n) is 14.8. The smallest absolute Gasteiger partial charge is 0.350 e. The summed E-state index contributed by atoms with van der Waals surface area (Å²) in [6, 6.07) is 7.20. The van der Waals surface area contributed by atoms with Crippen molar-refractivity contribution in [2.24, 2.45) is 0 Å². The molecule has 1 saturated heterocycles. The van der Waals surface area contributed by atoms with E-state index in [0.29, 0.717) is 5.56 Å². The number of halogens is 3. The van der Waals surface area contributed by atoms with E-state index in [9.17, 15) is 27.6 Å². The number of nitrogens with one attached hydrogen (secondary N) is 1. The van der Waals surface area contributed by atoms with Crippen LogP contribution >= 0.6 is 11.8 Å². The van der Waals surface area contributed by atoms with Crippen molar-refractivity contribution in [2.75, 3.05) is 13.1 Å². The second kappa shape index (κ2) is 8.48. The van der Waals surface area contributed by atoms with Gasteiger partial charge in [0.05, 0.1) is 10.5 Å². The predicted molar refractivity (Wildman–Crippen MR) is 101 cm³/mol. The molecule has 3 rings (SSSR count). The van der Waals surface area contributed by atoms with Crippen LogP contribution in [0.2, 0.25) is 0 Å². The van der Waals surface area contributed by atoms with Gasteiger partial charge in [0, 0.05) is 31.0 Å². The van der Waals surface area contributed by atoms with Crippen LogP contribution < -0.4 is 5.32 Å². The van der Waals surface area contributed by atoms with Gasteiger partial charge in [0.15, 0.2) is 0 Å². The fourth-order valence-electron chi connectivity index (χ4n) is 2.50. The molecule has 1 aliphatic rings. The lowest BCUT2D eigenvalue weighted by atomic mass is 10.1. The molecule has 1 aromatic carbocycles. The largest absolute Gasteiger partial charge is 0.416 e. The van der Waals surface area contributed by atoms with E-state index >= 15 is 0 Å². The third-order valence-corrected chi connectivity index (χ3v) is 4.86. The molecule has 1 aromatic heterocycles. The van der Waals surface area contributed by atoms with Crippen molar-refractivity contribution in [3.8, 4) is 0 Å². The van der Waals surface area contributed by atoms with E-state index in [1.165, 1.54) is 0 Å². The van der Waals surface area contributed by atoms with Crippen LogP contribution in [-0.2, 0) is 11.0 Å². The Bertz CT molecular complexity index is 960. The van der Waals surface area contributed by atoms with Crippen molar-refractivity contribution in [3.05, 3.63) is 70.4 Å². The van der Waals surface area contributed by atoms with Gasteiger partial charge in [0.25, 0.3) is 17.1 Å². The van der Waals surface area contributed by atoms with Crippen LogP contribution in [-0.4, -0.2) is 40.0 Å². The summed E-state index contributed by atoms with van der Waals surface area (Å²) in [5, 5.41) is 2.02. The van der Waals surface area contributed by atoms with Gasteiger partial charge in [-0.25, -0.2) is 0 Å².